The molecule has 2 heterocycles. The van der Waals surface area contributed by atoms with Gasteiger partial charge in [-0.25, -0.2) is 4.98 Å². The predicted octanol–water partition coefficient (Wildman–Crippen LogP) is 5.57. The lowest BCUT2D eigenvalue weighted by atomic mass is 9.94. The lowest BCUT2D eigenvalue weighted by Gasteiger charge is -2.28. The molecule has 4 aromatic rings. The molecule has 1 unspecified atom stereocenters. The molecule has 0 saturated carbocycles. The van der Waals surface area contributed by atoms with E-state index >= 15 is 0 Å². The Labute approximate surface area is 290 Å². The Bertz CT molecular complexity index is 1650. The average Bonchev–Trinajstić information content (AvgIpc) is 3.33. The van der Waals surface area contributed by atoms with Gasteiger partial charge in [-0.3, -0.25) is 4.79 Å². The van der Waals surface area contributed by atoms with E-state index in [0.29, 0.717) is 42.6 Å². The lowest BCUT2D eigenvalue weighted by Crippen LogP contribution is -2.35. The van der Waals surface area contributed by atoms with Gasteiger partial charge in [-0.2, -0.15) is 0 Å². The summed E-state index contributed by atoms with van der Waals surface area (Å²) in [7, 11) is 8.18. The normalized spacial score (nSPS) is 14.4. The zero-order valence-corrected chi connectivity index (χ0v) is 29.8. The summed E-state index contributed by atoms with van der Waals surface area (Å²) in [6.07, 6.45) is 1.92. The number of hydrogen-bond donors (Lipinski definition) is 0. The fraction of sp³-hybridized carbons (Fsp3) is 0.474. The maximum atomic E-state index is 13.8. The van der Waals surface area contributed by atoms with Crippen molar-refractivity contribution in [2.45, 2.75) is 32.2 Å². The minimum Gasteiger partial charge on any atom is -0.497 e. The zero-order valence-electron chi connectivity index (χ0n) is 29.8. The SMILES string of the molecule is CCOCCn1c(N2CCCN(CCC(CN(C)C(=O)c3cc(OC)c(OC)c(OC)c3)c3cccc(OC)c3)CC2)nc2ccccc21. The van der Waals surface area contributed by atoms with E-state index in [0.717, 1.165) is 80.4 Å². The van der Waals surface area contributed by atoms with E-state index in [1.807, 2.05) is 32.2 Å². The molecule has 11 nitrogen and oxygen atoms in total. The summed E-state index contributed by atoms with van der Waals surface area (Å²) in [5.74, 6) is 3.14. The number of aromatic nitrogens is 2. The number of likely N-dealkylation sites (N-methyl/N-ethyl adjacent to an activating group) is 1. The van der Waals surface area contributed by atoms with Crippen LogP contribution in [0.3, 0.4) is 0 Å². The summed E-state index contributed by atoms with van der Waals surface area (Å²) >= 11 is 0. The van der Waals surface area contributed by atoms with E-state index in [1.165, 1.54) is 0 Å². The van der Waals surface area contributed by atoms with Gasteiger partial charge < -0.3 is 43.0 Å². The highest BCUT2D eigenvalue weighted by atomic mass is 16.5. The molecule has 1 aliphatic heterocycles. The number of benzene rings is 3. The number of imidazole rings is 1. The number of fused-ring (bicyclic) bond motifs is 1. The molecule has 1 aliphatic rings. The van der Waals surface area contributed by atoms with Crippen molar-refractivity contribution in [3.63, 3.8) is 0 Å². The van der Waals surface area contributed by atoms with Crippen molar-refractivity contribution in [2.75, 3.05) is 92.9 Å². The number of ether oxygens (including phenoxy) is 5. The first-order valence-corrected chi connectivity index (χ1v) is 17.1. The van der Waals surface area contributed by atoms with Gasteiger partial charge in [0.25, 0.3) is 5.91 Å². The maximum absolute atomic E-state index is 13.8. The Morgan fingerprint density at radius 1 is 0.878 bits per heavy atom. The fourth-order valence-electron chi connectivity index (χ4n) is 6.66. The van der Waals surface area contributed by atoms with E-state index in [-0.39, 0.29) is 11.8 Å². The van der Waals surface area contributed by atoms with E-state index in [9.17, 15) is 4.79 Å². The summed E-state index contributed by atoms with van der Waals surface area (Å²) in [6, 6.07) is 19.9. The molecule has 0 spiro atoms. The smallest absolute Gasteiger partial charge is 0.253 e. The van der Waals surface area contributed by atoms with Crippen LogP contribution in [0.5, 0.6) is 23.0 Å². The Balaban J connectivity index is 1.30. The third kappa shape index (κ3) is 8.58. The van der Waals surface area contributed by atoms with Gasteiger partial charge in [0.05, 0.1) is 46.1 Å². The van der Waals surface area contributed by atoms with E-state index < -0.39 is 0 Å². The average molecular weight is 674 g/mol. The maximum Gasteiger partial charge on any atom is 0.253 e. The minimum absolute atomic E-state index is 0.0909. The van der Waals surface area contributed by atoms with Crippen molar-refractivity contribution >= 4 is 22.9 Å². The van der Waals surface area contributed by atoms with Crippen molar-refractivity contribution in [1.29, 1.82) is 0 Å². The molecule has 1 fully saturated rings. The van der Waals surface area contributed by atoms with Gasteiger partial charge in [0.2, 0.25) is 11.7 Å². The van der Waals surface area contributed by atoms with Crippen LogP contribution in [-0.4, -0.2) is 113 Å². The summed E-state index contributed by atoms with van der Waals surface area (Å²) in [5.41, 5.74) is 3.77. The molecular formula is C38H51N5O6. The molecule has 0 bridgehead atoms. The van der Waals surface area contributed by atoms with Crippen molar-refractivity contribution in [3.8, 4) is 23.0 Å². The van der Waals surface area contributed by atoms with Crippen molar-refractivity contribution in [1.82, 2.24) is 19.4 Å². The molecular weight excluding hydrogens is 622 g/mol. The summed E-state index contributed by atoms with van der Waals surface area (Å²) in [5, 5.41) is 0. The largest absolute Gasteiger partial charge is 0.497 e. The van der Waals surface area contributed by atoms with Gasteiger partial charge in [0.15, 0.2) is 11.5 Å². The van der Waals surface area contributed by atoms with Crippen LogP contribution in [0, 0.1) is 0 Å². The number of anilines is 1. The van der Waals surface area contributed by atoms with Gasteiger partial charge in [-0.15, -0.1) is 0 Å². The Hall–Kier alpha value is -4.48. The second-order valence-electron chi connectivity index (χ2n) is 12.3. The predicted molar refractivity (Wildman–Crippen MR) is 193 cm³/mol. The van der Waals surface area contributed by atoms with Gasteiger partial charge in [0, 0.05) is 57.9 Å². The molecule has 264 valence electrons. The van der Waals surface area contributed by atoms with Crippen LogP contribution in [-0.2, 0) is 11.3 Å². The van der Waals surface area contributed by atoms with Crippen LogP contribution < -0.4 is 23.8 Å². The third-order valence-corrected chi connectivity index (χ3v) is 9.28. The number of amides is 1. The van der Waals surface area contributed by atoms with Crippen molar-refractivity contribution in [2.24, 2.45) is 0 Å². The first-order valence-electron chi connectivity index (χ1n) is 17.1. The number of para-hydroxylation sites is 2. The molecule has 1 saturated heterocycles. The Morgan fingerprint density at radius 2 is 1.65 bits per heavy atom. The van der Waals surface area contributed by atoms with E-state index in [1.54, 1.807) is 45.5 Å². The molecule has 0 aliphatic carbocycles. The second-order valence-corrected chi connectivity index (χ2v) is 12.3. The van der Waals surface area contributed by atoms with Crippen LogP contribution in [0.2, 0.25) is 0 Å². The minimum atomic E-state index is -0.121. The molecule has 0 radical (unpaired) electrons. The summed E-state index contributed by atoms with van der Waals surface area (Å²) in [4.78, 5) is 25.6. The zero-order chi connectivity index (χ0) is 34.8. The molecule has 1 aromatic heterocycles. The molecule has 0 N–H and O–H groups in total. The third-order valence-electron chi connectivity index (χ3n) is 9.28. The number of nitrogens with zero attached hydrogens (tertiary/aromatic N) is 5. The summed E-state index contributed by atoms with van der Waals surface area (Å²) < 4.78 is 30.1. The molecule has 3 aromatic carbocycles. The monoisotopic (exact) mass is 673 g/mol. The molecule has 1 amide bonds. The highest BCUT2D eigenvalue weighted by molar-refractivity contribution is 5.95. The van der Waals surface area contributed by atoms with Crippen molar-refractivity contribution < 1.29 is 28.5 Å². The number of carbonyl (C=O) groups excluding carboxylic acids is 1. The Kier molecular flexibility index (Phi) is 12.6. The van der Waals surface area contributed by atoms with Crippen LogP contribution >= 0.6 is 0 Å². The van der Waals surface area contributed by atoms with Crippen LogP contribution in [0.1, 0.15) is 41.6 Å². The number of hydrogen-bond acceptors (Lipinski definition) is 9. The molecule has 11 heteroatoms. The van der Waals surface area contributed by atoms with Crippen LogP contribution in [0.4, 0.5) is 5.95 Å². The number of methoxy groups -OCH3 is 4. The quantitative estimate of drug-likeness (QED) is 0.142. The van der Waals surface area contributed by atoms with E-state index in [2.05, 4.69) is 44.7 Å². The van der Waals surface area contributed by atoms with Gasteiger partial charge in [0.1, 0.15) is 5.75 Å². The van der Waals surface area contributed by atoms with Crippen LogP contribution in [0.25, 0.3) is 11.0 Å². The summed E-state index contributed by atoms with van der Waals surface area (Å²) in [6.45, 7) is 9.37. The number of carbonyl (C=O) groups is 1. The van der Waals surface area contributed by atoms with Crippen LogP contribution in [0.15, 0.2) is 60.7 Å². The Morgan fingerprint density at radius 3 is 2.37 bits per heavy atom. The highest BCUT2D eigenvalue weighted by Crippen LogP contribution is 2.38. The number of rotatable bonds is 16. The van der Waals surface area contributed by atoms with Gasteiger partial charge >= 0.3 is 0 Å². The molecule has 1 atom stereocenters. The van der Waals surface area contributed by atoms with Gasteiger partial charge in [-0.05, 0) is 74.8 Å². The molecule has 5 rings (SSSR count). The molecule has 49 heavy (non-hydrogen) atoms. The van der Waals surface area contributed by atoms with Gasteiger partial charge in [-0.1, -0.05) is 24.3 Å². The highest BCUT2D eigenvalue weighted by Gasteiger charge is 2.25. The standard InChI is InChI=1S/C38H51N5O6/c1-7-49-23-22-43-33-15-9-8-14-32(33)39-38(43)42-18-11-17-41(20-21-42)19-16-29(28-12-10-13-31(24-28)45-3)27-40(2)37(44)30-25-34(46-4)36(48-6)35(26-30)47-5/h8-10,12-15,24-26,29H,7,11,16-23,27H2,1-6H3. The fourth-order valence-corrected chi connectivity index (χ4v) is 6.66. The van der Waals surface area contributed by atoms with E-state index in [4.69, 9.17) is 28.7 Å². The topological polar surface area (TPSA) is 90.8 Å². The van der Waals surface area contributed by atoms with Crippen molar-refractivity contribution in [3.05, 3.63) is 71.8 Å². The first-order chi connectivity index (χ1) is 23.9. The lowest BCUT2D eigenvalue weighted by molar-refractivity contribution is 0.0782. The second kappa shape index (κ2) is 17.3. The first kappa shape index (κ1) is 35.8.